The first-order chi connectivity index (χ1) is 20.9. The molecule has 2 heterocycles. The topological polar surface area (TPSA) is 63.7 Å². The van der Waals surface area contributed by atoms with Crippen molar-refractivity contribution in [1.29, 1.82) is 0 Å². The maximum Gasteiger partial charge on any atom is 0.222 e. The summed E-state index contributed by atoms with van der Waals surface area (Å²) in [6.07, 6.45) is 32.5. The lowest BCUT2D eigenvalue weighted by Crippen LogP contribution is -2.38. The molecule has 1 atom stereocenters. The Kier molecular flexibility index (Phi) is 14.7. The highest BCUT2D eigenvalue weighted by atomic mass is 16.5. The van der Waals surface area contributed by atoms with Crippen molar-refractivity contribution in [2.75, 3.05) is 13.1 Å². The first-order valence-corrected chi connectivity index (χ1v) is 16.0. The zero-order valence-electron chi connectivity index (χ0n) is 26.1. The Morgan fingerprint density at radius 1 is 0.860 bits per heavy atom. The van der Waals surface area contributed by atoms with Gasteiger partial charge in [-0.2, -0.15) is 0 Å². The van der Waals surface area contributed by atoms with Crippen LogP contribution in [0.1, 0.15) is 90.0 Å². The van der Waals surface area contributed by atoms with Crippen LogP contribution < -0.4 is 0 Å². The molecule has 2 aliphatic rings. The summed E-state index contributed by atoms with van der Waals surface area (Å²) in [5.41, 5.74) is -0.401. The van der Waals surface area contributed by atoms with E-state index in [-0.39, 0.29) is 29.2 Å². The van der Waals surface area contributed by atoms with Crippen LogP contribution in [0.25, 0.3) is 0 Å². The van der Waals surface area contributed by atoms with Gasteiger partial charge in [0, 0.05) is 37.6 Å². The molecule has 1 unspecified atom stereocenters. The number of allylic oxidation sites excluding steroid dienone is 11. The monoisotopic (exact) mass is 583 g/mol. The number of benzene rings is 1. The molecule has 0 radical (unpaired) electrons. The van der Waals surface area contributed by atoms with Crippen molar-refractivity contribution < 1.29 is 19.1 Å². The summed E-state index contributed by atoms with van der Waals surface area (Å²) in [6.45, 7) is 5.22. The fourth-order valence-electron chi connectivity index (χ4n) is 5.30. The Bertz CT molecular complexity index is 1210. The molecule has 1 aromatic rings. The number of rotatable bonds is 17. The minimum Gasteiger partial charge on any atom is -0.471 e. The number of carbonyl (C=O) groups excluding carboxylic acids is 3. The zero-order chi connectivity index (χ0) is 30.8. The lowest BCUT2D eigenvalue weighted by Gasteiger charge is -2.32. The van der Waals surface area contributed by atoms with Gasteiger partial charge in [0.05, 0.1) is 0 Å². The Morgan fingerprint density at radius 3 is 2.00 bits per heavy atom. The summed E-state index contributed by atoms with van der Waals surface area (Å²) in [5.74, 6) is 0.219. The maximum atomic E-state index is 12.9. The Hall–Kier alpha value is -3.73. The number of hydrogen-bond acceptors (Lipinski definition) is 4. The van der Waals surface area contributed by atoms with Gasteiger partial charge in [0.2, 0.25) is 11.7 Å². The minimum atomic E-state index is -1.14. The third-order valence-electron chi connectivity index (χ3n) is 8.01. The van der Waals surface area contributed by atoms with E-state index in [4.69, 9.17) is 4.74 Å². The van der Waals surface area contributed by atoms with Crippen LogP contribution in [0.15, 0.2) is 103 Å². The number of unbranched alkanes of at least 4 members (excludes halogenated alkanes) is 1. The van der Waals surface area contributed by atoms with Gasteiger partial charge >= 0.3 is 0 Å². The van der Waals surface area contributed by atoms with E-state index >= 15 is 0 Å². The van der Waals surface area contributed by atoms with E-state index in [9.17, 15) is 14.4 Å². The predicted octanol–water partition coefficient (Wildman–Crippen LogP) is 8.50. The fraction of sp³-hybridized carbons (Fsp3) is 0.447. The van der Waals surface area contributed by atoms with Gasteiger partial charge in [-0.25, -0.2) is 0 Å². The van der Waals surface area contributed by atoms with Crippen molar-refractivity contribution in [2.24, 2.45) is 5.92 Å². The summed E-state index contributed by atoms with van der Waals surface area (Å²) >= 11 is 0. The zero-order valence-corrected chi connectivity index (χ0v) is 26.1. The minimum absolute atomic E-state index is 0.130. The molecule has 1 saturated heterocycles. The standard InChI is InChI=1S/C38H49NO4/c1-3-4-5-6-7-8-9-10-11-12-13-14-15-16-17-18-22-25-37(42)39-28-26-32(27-29-39)30-34(40)35-31-36(41)38(2,43-35)33-23-20-19-21-24-33/h4-5,7-8,10-11,13-14,16-17,19-21,23-24,31-32H,3,6,9,12,15,18,22,25-30H2,1-2H3/b5-4-,8-7-,11-10-,14-13-,17-16-. The fourth-order valence-corrected chi connectivity index (χ4v) is 5.30. The van der Waals surface area contributed by atoms with E-state index in [1.54, 1.807) is 6.92 Å². The van der Waals surface area contributed by atoms with E-state index in [0.29, 0.717) is 25.9 Å². The molecule has 2 aliphatic heterocycles. The van der Waals surface area contributed by atoms with Crippen LogP contribution in [-0.2, 0) is 24.7 Å². The predicted molar refractivity (Wildman–Crippen MR) is 175 cm³/mol. The summed E-state index contributed by atoms with van der Waals surface area (Å²) in [7, 11) is 0. The van der Waals surface area contributed by atoms with E-state index in [1.807, 2.05) is 35.2 Å². The van der Waals surface area contributed by atoms with Gasteiger partial charge in [0.1, 0.15) is 0 Å². The quantitative estimate of drug-likeness (QED) is 0.136. The van der Waals surface area contributed by atoms with Gasteiger partial charge in [-0.3, -0.25) is 14.4 Å². The largest absolute Gasteiger partial charge is 0.471 e. The molecule has 0 spiro atoms. The number of amides is 1. The molecule has 0 bridgehead atoms. The molecule has 230 valence electrons. The number of hydrogen-bond donors (Lipinski definition) is 0. The van der Waals surface area contributed by atoms with E-state index in [1.165, 1.54) is 6.08 Å². The third kappa shape index (κ3) is 11.5. The van der Waals surface area contributed by atoms with Crippen LogP contribution in [0.3, 0.4) is 0 Å². The van der Waals surface area contributed by atoms with Gasteiger partial charge in [-0.15, -0.1) is 0 Å². The van der Waals surface area contributed by atoms with Crippen LogP contribution in [0, 0.1) is 5.92 Å². The molecule has 1 amide bonds. The van der Waals surface area contributed by atoms with Gasteiger partial charge in [-0.1, -0.05) is 98.0 Å². The smallest absolute Gasteiger partial charge is 0.222 e. The lowest BCUT2D eigenvalue weighted by atomic mass is 9.91. The maximum absolute atomic E-state index is 12.9. The summed E-state index contributed by atoms with van der Waals surface area (Å²) in [6, 6.07) is 9.29. The summed E-state index contributed by atoms with van der Waals surface area (Å²) in [4.78, 5) is 40.2. The highest BCUT2D eigenvalue weighted by molar-refractivity contribution is 6.08. The highest BCUT2D eigenvalue weighted by Crippen LogP contribution is 2.36. The number of Topliss-reactive ketones (excluding diaryl/α,β-unsaturated/α-hetero) is 1. The average molecular weight is 584 g/mol. The van der Waals surface area contributed by atoms with E-state index < -0.39 is 5.60 Å². The van der Waals surface area contributed by atoms with E-state index in [2.05, 4.69) is 67.7 Å². The van der Waals surface area contributed by atoms with Crippen LogP contribution in [0.4, 0.5) is 0 Å². The van der Waals surface area contributed by atoms with Crippen molar-refractivity contribution in [3.05, 3.63) is 108 Å². The number of piperidine rings is 1. The first kappa shape index (κ1) is 33.8. The molecule has 43 heavy (non-hydrogen) atoms. The van der Waals surface area contributed by atoms with E-state index in [0.717, 1.165) is 63.4 Å². The van der Waals surface area contributed by atoms with Crippen molar-refractivity contribution >= 4 is 17.5 Å². The second-order valence-corrected chi connectivity index (χ2v) is 11.4. The molecule has 5 nitrogen and oxygen atoms in total. The van der Waals surface area contributed by atoms with Crippen LogP contribution in [0.5, 0.6) is 0 Å². The van der Waals surface area contributed by atoms with Crippen molar-refractivity contribution in [3.63, 3.8) is 0 Å². The molecular formula is C38H49NO4. The second kappa shape index (κ2) is 18.7. The lowest BCUT2D eigenvalue weighted by molar-refractivity contribution is -0.132. The number of ketones is 2. The molecule has 3 rings (SSSR count). The molecule has 0 aliphatic carbocycles. The van der Waals surface area contributed by atoms with Crippen LogP contribution in [0.2, 0.25) is 0 Å². The molecule has 5 heteroatoms. The molecular weight excluding hydrogens is 534 g/mol. The van der Waals surface area contributed by atoms with Crippen molar-refractivity contribution in [2.45, 2.75) is 90.1 Å². The molecule has 1 fully saturated rings. The molecule has 1 aromatic carbocycles. The van der Waals surface area contributed by atoms with Crippen LogP contribution >= 0.6 is 0 Å². The molecule has 0 saturated carbocycles. The Morgan fingerprint density at radius 2 is 1.42 bits per heavy atom. The van der Waals surface area contributed by atoms with Gasteiger partial charge in [0.15, 0.2) is 17.1 Å². The molecule has 0 N–H and O–H groups in total. The average Bonchev–Trinajstić information content (AvgIpc) is 3.34. The summed E-state index contributed by atoms with van der Waals surface area (Å²) in [5, 5.41) is 0. The molecule has 0 aromatic heterocycles. The first-order valence-electron chi connectivity index (χ1n) is 16.0. The summed E-state index contributed by atoms with van der Waals surface area (Å²) < 4.78 is 5.92. The van der Waals surface area contributed by atoms with Gasteiger partial charge in [0.25, 0.3) is 0 Å². The number of nitrogens with zero attached hydrogens (tertiary/aromatic N) is 1. The highest BCUT2D eigenvalue weighted by Gasteiger charge is 2.43. The normalized spacial score (nSPS) is 19.9. The van der Waals surface area contributed by atoms with Gasteiger partial charge < -0.3 is 9.64 Å². The SMILES string of the molecule is CC/C=C\C/C=C\C/C=C\C/C=C\C/C=C\CCCC(=O)N1CCC(CC(=O)C2=CC(=O)C(C)(c3ccccc3)O2)CC1. The van der Waals surface area contributed by atoms with Crippen molar-refractivity contribution in [1.82, 2.24) is 4.90 Å². The Balaban J connectivity index is 1.24. The number of ether oxygens (including phenoxy) is 1. The van der Waals surface area contributed by atoms with Crippen LogP contribution in [-0.4, -0.2) is 35.5 Å². The third-order valence-corrected chi connectivity index (χ3v) is 8.01. The number of carbonyl (C=O) groups is 3. The van der Waals surface area contributed by atoms with Crippen molar-refractivity contribution in [3.8, 4) is 0 Å². The second-order valence-electron chi connectivity index (χ2n) is 11.4. The number of likely N-dealkylation sites (tertiary alicyclic amines) is 1. The van der Waals surface area contributed by atoms with Gasteiger partial charge in [-0.05, 0) is 70.6 Å². The Labute approximate surface area is 258 Å².